The summed E-state index contributed by atoms with van der Waals surface area (Å²) in [5, 5.41) is 1.12. The zero-order valence-corrected chi connectivity index (χ0v) is 10.9. The highest BCUT2D eigenvalue weighted by Crippen LogP contribution is 2.18. The lowest BCUT2D eigenvalue weighted by atomic mass is 10.1. The molecule has 0 radical (unpaired) electrons. The van der Waals surface area contributed by atoms with Crippen LogP contribution >= 0.6 is 0 Å². The van der Waals surface area contributed by atoms with Gasteiger partial charge in [0.15, 0.2) is 0 Å². The molecule has 0 aliphatic carbocycles. The maximum atomic E-state index is 12.1. The van der Waals surface area contributed by atoms with Crippen LogP contribution < -0.4 is 0 Å². The first-order chi connectivity index (χ1) is 8.58. The number of hydrogen-bond acceptors (Lipinski definition) is 1. The summed E-state index contributed by atoms with van der Waals surface area (Å²) in [6, 6.07) is 8.02. The lowest BCUT2D eigenvalue weighted by Crippen LogP contribution is -2.29. The van der Waals surface area contributed by atoms with Gasteiger partial charge in [-0.1, -0.05) is 30.4 Å². The van der Waals surface area contributed by atoms with Crippen molar-refractivity contribution in [2.75, 3.05) is 13.6 Å². The molecule has 2 rings (SSSR count). The van der Waals surface area contributed by atoms with Gasteiger partial charge in [-0.25, -0.2) is 0 Å². The van der Waals surface area contributed by atoms with E-state index in [9.17, 15) is 4.79 Å². The molecular formula is C15H18N2O. The van der Waals surface area contributed by atoms with E-state index < -0.39 is 0 Å². The summed E-state index contributed by atoms with van der Waals surface area (Å²) in [6.07, 6.45) is 2.34. The van der Waals surface area contributed by atoms with E-state index in [0.717, 1.165) is 22.0 Å². The van der Waals surface area contributed by atoms with Crippen LogP contribution in [0, 0.1) is 0 Å². The molecule has 1 amide bonds. The molecule has 0 aliphatic rings. The number of nitrogens with zero attached hydrogens (tertiary/aromatic N) is 1. The highest BCUT2D eigenvalue weighted by molar-refractivity contribution is 5.88. The van der Waals surface area contributed by atoms with E-state index in [4.69, 9.17) is 0 Å². The normalized spacial score (nSPS) is 10.6. The van der Waals surface area contributed by atoms with Gasteiger partial charge in [0.25, 0.3) is 0 Å². The number of carbonyl (C=O) groups is 1. The summed E-state index contributed by atoms with van der Waals surface area (Å²) in [7, 11) is 1.81. The van der Waals surface area contributed by atoms with Crippen molar-refractivity contribution in [3.8, 4) is 0 Å². The minimum atomic E-state index is 0.114. The number of nitrogens with one attached hydrogen (secondary N) is 1. The van der Waals surface area contributed by atoms with E-state index in [0.29, 0.717) is 13.0 Å². The number of rotatable bonds is 4. The second kappa shape index (κ2) is 5.08. The molecule has 0 saturated carbocycles. The summed E-state index contributed by atoms with van der Waals surface area (Å²) < 4.78 is 0. The Balaban J connectivity index is 2.14. The van der Waals surface area contributed by atoms with Crippen LogP contribution in [0.15, 0.2) is 42.6 Å². The van der Waals surface area contributed by atoms with Gasteiger partial charge in [-0.2, -0.15) is 0 Å². The van der Waals surface area contributed by atoms with Crippen molar-refractivity contribution in [1.29, 1.82) is 0 Å². The van der Waals surface area contributed by atoms with Crippen LogP contribution in [0.2, 0.25) is 0 Å². The van der Waals surface area contributed by atoms with Gasteiger partial charge in [0.1, 0.15) is 0 Å². The molecular weight excluding hydrogens is 224 g/mol. The number of aromatic amines is 1. The third-order valence-electron chi connectivity index (χ3n) is 2.95. The Morgan fingerprint density at radius 3 is 2.83 bits per heavy atom. The monoisotopic (exact) mass is 242 g/mol. The molecule has 0 unspecified atom stereocenters. The Morgan fingerprint density at radius 1 is 1.39 bits per heavy atom. The van der Waals surface area contributed by atoms with Crippen LogP contribution in [-0.4, -0.2) is 29.4 Å². The number of hydrogen-bond donors (Lipinski definition) is 1. The molecule has 3 nitrogen and oxygen atoms in total. The van der Waals surface area contributed by atoms with Gasteiger partial charge >= 0.3 is 0 Å². The molecule has 1 heterocycles. The molecule has 2 aromatic rings. The SMILES string of the molecule is C=C(C)CN(C)C(=O)Cc1c[nH]c2ccccc12. The molecule has 0 saturated heterocycles. The number of likely N-dealkylation sites (N-methyl/N-ethyl adjacent to an activating group) is 1. The lowest BCUT2D eigenvalue weighted by Gasteiger charge is -2.16. The van der Waals surface area contributed by atoms with Crippen LogP contribution in [0.5, 0.6) is 0 Å². The zero-order valence-electron chi connectivity index (χ0n) is 10.9. The highest BCUT2D eigenvalue weighted by atomic mass is 16.2. The fourth-order valence-corrected chi connectivity index (χ4v) is 2.07. The summed E-state index contributed by atoms with van der Waals surface area (Å²) in [5.41, 5.74) is 3.11. The first-order valence-corrected chi connectivity index (χ1v) is 6.01. The molecule has 0 aliphatic heterocycles. The van der Waals surface area contributed by atoms with Crippen molar-refractivity contribution in [1.82, 2.24) is 9.88 Å². The van der Waals surface area contributed by atoms with Gasteiger partial charge in [0.05, 0.1) is 6.42 Å². The van der Waals surface area contributed by atoms with E-state index >= 15 is 0 Å². The predicted octanol–water partition coefficient (Wildman–Crippen LogP) is 2.74. The van der Waals surface area contributed by atoms with Gasteiger partial charge in [0, 0.05) is 30.7 Å². The fourth-order valence-electron chi connectivity index (χ4n) is 2.07. The Hall–Kier alpha value is -2.03. The predicted molar refractivity (Wildman–Crippen MR) is 74.5 cm³/mol. The molecule has 94 valence electrons. The first-order valence-electron chi connectivity index (χ1n) is 6.01. The first kappa shape index (κ1) is 12.4. The number of para-hydroxylation sites is 1. The minimum absolute atomic E-state index is 0.114. The molecule has 1 aromatic heterocycles. The van der Waals surface area contributed by atoms with E-state index in [1.807, 2.05) is 44.4 Å². The molecule has 0 atom stereocenters. The van der Waals surface area contributed by atoms with Gasteiger partial charge in [0.2, 0.25) is 5.91 Å². The van der Waals surface area contributed by atoms with E-state index in [-0.39, 0.29) is 5.91 Å². The van der Waals surface area contributed by atoms with Crippen LogP contribution in [0.1, 0.15) is 12.5 Å². The number of aromatic nitrogens is 1. The van der Waals surface area contributed by atoms with Gasteiger partial charge in [-0.3, -0.25) is 4.79 Å². The third-order valence-corrected chi connectivity index (χ3v) is 2.95. The standard InChI is InChI=1S/C15H18N2O/c1-11(2)10-17(3)15(18)8-12-9-16-14-7-5-4-6-13(12)14/h4-7,9,16H,1,8,10H2,2-3H3. The minimum Gasteiger partial charge on any atom is -0.361 e. The molecule has 0 spiro atoms. The second-order valence-electron chi connectivity index (χ2n) is 4.74. The number of fused-ring (bicyclic) bond motifs is 1. The lowest BCUT2D eigenvalue weighted by molar-refractivity contribution is -0.128. The van der Waals surface area contributed by atoms with Crippen LogP contribution in [-0.2, 0) is 11.2 Å². The van der Waals surface area contributed by atoms with Crippen molar-refractivity contribution in [2.45, 2.75) is 13.3 Å². The summed E-state index contributed by atoms with van der Waals surface area (Å²) in [4.78, 5) is 17.0. The Morgan fingerprint density at radius 2 is 2.11 bits per heavy atom. The van der Waals surface area contributed by atoms with Crippen molar-refractivity contribution in [2.24, 2.45) is 0 Å². The average molecular weight is 242 g/mol. The Bertz CT molecular complexity index is 583. The second-order valence-corrected chi connectivity index (χ2v) is 4.74. The molecule has 0 fully saturated rings. The summed E-state index contributed by atoms with van der Waals surface area (Å²) in [5.74, 6) is 0.114. The third kappa shape index (κ3) is 2.62. The maximum absolute atomic E-state index is 12.1. The van der Waals surface area contributed by atoms with Gasteiger partial charge in [-0.05, 0) is 18.6 Å². The quantitative estimate of drug-likeness (QED) is 0.822. The van der Waals surface area contributed by atoms with E-state index in [1.165, 1.54) is 0 Å². The van der Waals surface area contributed by atoms with Gasteiger partial charge < -0.3 is 9.88 Å². The summed E-state index contributed by atoms with van der Waals surface area (Å²) >= 11 is 0. The Labute approximate surface area is 107 Å². The van der Waals surface area contributed by atoms with Crippen molar-refractivity contribution in [3.63, 3.8) is 0 Å². The maximum Gasteiger partial charge on any atom is 0.227 e. The van der Waals surface area contributed by atoms with Crippen LogP contribution in [0.25, 0.3) is 10.9 Å². The van der Waals surface area contributed by atoms with Crippen molar-refractivity contribution in [3.05, 3.63) is 48.2 Å². The average Bonchev–Trinajstić information content (AvgIpc) is 2.72. The van der Waals surface area contributed by atoms with Crippen LogP contribution in [0.3, 0.4) is 0 Å². The zero-order chi connectivity index (χ0) is 13.1. The van der Waals surface area contributed by atoms with E-state index in [1.54, 1.807) is 4.90 Å². The van der Waals surface area contributed by atoms with Crippen molar-refractivity contribution < 1.29 is 4.79 Å². The van der Waals surface area contributed by atoms with E-state index in [2.05, 4.69) is 11.6 Å². The van der Waals surface area contributed by atoms with Crippen LogP contribution in [0.4, 0.5) is 0 Å². The molecule has 1 aromatic carbocycles. The number of benzene rings is 1. The summed E-state index contributed by atoms with van der Waals surface area (Å²) in [6.45, 7) is 6.36. The highest BCUT2D eigenvalue weighted by Gasteiger charge is 2.12. The smallest absolute Gasteiger partial charge is 0.227 e. The fraction of sp³-hybridized carbons (Fsp3) is 0.267. The molecule has 0 bridgehead atoms. The Kier molecular flexibility index (Phi) is 3.51. The van der Waals surface area contributed by atoms with Crippen molar-refractivity contribution >= 4 is 16.8 Å². The topological polar surface area (TPSA) is 36.1 Å². The number of carbonyl (C=O) groups excluding carboxylic acids is 1. The molecule has 1 N–H and O–H groups in total. The van der Waals surface area contributed by atoms with Gasteiger partial charge in [-0.15, -0.1) is 0 Å². The number of amides is 1. The molecule has 3 heteroatoms. The largest absolute Gasteiger partial charge is 0.361 e. The molecule has 18 heavy (non-hydrogen) atoms. The number of H-pyrrole nitrogens is 1.